The molecule has 2 heterocycles. The van der Waals surface area contributed by atoms with Crippen molar-refractivity contribution in [3.05, 3.63) is 59.7 Å². The van der Waals surface area contributed by atoms with Crippen molar-refractivity contribution in [2.75, 3.05) is 13.1 Å². The van der Waals surface area contributed by atoms with E-state index in [2.05, 4.69) is 26.3 Å². The number of hydrogen-bond acceptors (Lipinski definition) is 6. The number of benzene rings is 1. The summed E-state index contributed by atoms with van der Waals surface area (Å²) in [6.07, 6.45) is 4.35. The largest absolute Gasteiger partial charge is 0.390 e. The molecule has 2 atom stereocenters. The van der Waals surface area contributed by atoms with Crippen LogP contribution in [-0.2, 0) is 6.54 Å². The molecule has 1 aliphatic rings. The van der Waals surface area contributed by atoms with Crippen LogP contribution in [-0.4, -0.2) is 51.1 Å². The Morgan fingerprint density at radius 1 is 1.44 bits per heavy atom. The van der Waals surface area contributed by atoms with Crippen molar-refractivity contribution in [2.45, 2.75) is 25.1 Å². The maximum atomic E-state index is 12.1. The molecule has 1 amide bonds. The lowest BCUT2D eigenvalue weighted by Crippen LogP contribution is -2.53. The summed E-state index contributed by atoms with van der Waals surface area (Å²) in [7, 11) is 0. The number of hydrogen-bond donors (Lipinski definition) is 2. The highest BCUT2D eigenvalue weighted by Gasteiger charge is 2.29. The highest BCUT2D eigenvalue weighted by Crippen LogP contribution is 2.15. The molecule has 1 aromatic heterocycles. The van der Waals surface area contributed by atoms with Gasteiger partial charge in [0.25, 0.3) is 5.91 Å². The Kier molecular flexibility index (Phi) is 5.33. The van der Waals surface area contributed by atoms with Crippen LogP contribution in [0.4, 0.5) is 0 Å². The van der Waals surface area contributed by atoms with Crippen LogP contribution in [0.25, 0.3) is 0 Å². The molecule has 1 aliphatic heterocycles. The summed E-state index contributed by atoms with van der Waals surface area (Å²) in [5.74, 6) is -0.327. The average molecular weight is 337 g/mol. The smallest absolute Gasteiger partial charge is 0.271 e. The number of amides is 1. The first-order valence-corrected chi connectivity index (χ1v) is 8.12. The number of nitrogens with one attached hydrogen (secondary N) is 1. The number of β-amino-alcohol motifs (C(OH)–C–C–N with tert-alkyl or cyclic N) is 1. The standard InChI is InChI=1S/C18H19N5O2/c19-9-13-2-1-3-14(8-13)11-23-7-4-15(17(24)12-23)22-18(25)16-10-20-5-6-21-16/h1-3,5-6,8,10,15,17,24H,4,7,11-12H2,(H,22,25)/t15-,17-/m1/s1. The third-order valence-electron chi connectivity index (χ3n) is 4.24. The number of aliphatic hydroxyl groups excluding tert-OH is 1. The van der Waals surface area contributed by atoms with Gasteiger partial charge < -0.3 is 10.4 Å². The van der Waals surface area contributed by atoms with Gasteiger partial charge in [0.2, 0.25) is 0 Å². The van der Waals surface area contributed by atoms with Crippen molar-refractivity contribution in [1.29, 1.82) is 5.26 Å². The first-order chi connectivity index (χ1) is 12.2. The van der Waals surface area contributed by atoms with E-state index < -0.39 is 6.10 Å². The van der Waals surface area contributed by atoms with Crippen molar-refractivity contribution >= 4 is 5.91 Å². The fourth-order valence-electron chi connectivity index (χ4n) is 2.97. The fraction of sp³-hybridized carbons (Fsp3) is 0.333. The molecule has 128 valence electrons. The van der Waals surface area contributed by atoms with E-state index >= 15 is 0 Å². The highest BCUT2D eigenvalue weighted by atomic mass is 16.3. The van der Waals surface area contributed by atoms with Crippen molar-refractivity contribution in [2.24, 2.45) is 0 Å². The van der Waals surface area contributed by atoms with E-state index in [1.54, 1.807) is 6.07 Å². The van der Waals surface area contributed by atoms with Crippen LogP contribution in [0.5, 0.6) is 0 Å². The van der Waals surface area contributed by atoms with Crippen LogP contribution in [0.1, 0.15) is 28.0 Å². The number of likely N-dealkylation sites (tertiary alicyclic amines) is 1. The lowest BCUT2D eigenvalue weighted by Gasteiger charge is -2.36. The van der Waals surface area contributed by atoms with E-state index in [1.807, 2.05) is 18.2 Å². The molecule has 1 fully saturated rings. The van der Waals surface area contributed by atoms with E-state index in [0.717, 1.165) is 12.1 Å². The summed E-state index contributed by atoms with van der Waals surface area (Å²) in [4.78, 5) is 22.1. The van der Waals surface area contributed by atoms with Gasteiger partial charge in [-0.1, -0.05) is 12.1 Å². The summed E-state index contributed by atoms with van der Waals surface area (Å²) < 4.78 is 0. The second kappa shape index (κ2) is 7.83. The van der Waals surface area contributed by atoms with E-state index in [1.165, 1.54) is 18.6 Å². The second-order valence-corrected chi connectivity index (χ2v) is 6.07. The normalized spacial score (nSPS) is 20.6. The monoisotopic (exact) mass is 337 g/mol. The van der Waals surface area contributed by atoms with Crippen molar-refractivity contribution in [3.8, 4) is 6.07 Å². The Labute approximate surface area is 145 Å². The maximum Gasteiger partial charge on any atom is 0.271 e. The van der Waals surface area contributed by atoms with Crippen LogP contribution < -0.4 is 5.32 Å². The highest BCUT2D eigenvalue weighted by molar-refractivity contribution is 5.92. The summed E-state index contributed by atoms with van der Waals surface area (Å²) >= 11 is 0. The Morgan fingerprint density at radius 2 is 2.32 bits per heavy atom. The fourth-order valence-corrected chi connectivity index (χ4v) is 2.97. The zero-order chi connectivity index (χ0) is 17.6. The number of nitriles is 1. The van der Waals surface area contributed by atoms with Crippen LogP contribution >= 0.6 is 0 Å². The molecule has 3 rings (SSSR count). The number of carbonyl (C=O) groups is 1. The molecule has 0 saturated carbocycles. The third kappa shape index (κ3) is 4.38. The second-order valence-electron chi connectivity index (χ2n) is 6.07. The lowest BCUT2D eigenvalue weighted by molar-refractivity contribution is 0.0348. The topological polar surface area (TPSA) is 102 Å². The van der Waals surface area contributed by atoms with Crippen LogP contribution in [0, 0.1) is 11.3 Å². The number of nitrogens with zero attached hydrogens (tertiary/aromatic N) is 4. The molecular formula is C18H19N5O2. The summed E-state index contributed by atoms with van der Waals surface area (Å²) in [5, 5.41) is 22.2. The van der Waals surface area contributed by atoms with Crippen molar-refractivity contribution in [1.82, 2.24) is 20.2 Å². The molecule has 1 saturated heterocycles. The summed E-state index contributed by atoms with van der Waals surface area (Å²) in [5.41, 5.74) is 1.91. The van der Waals surface area contributed by atoms with Gasteiger partial charge in [-0.15, -0.1) is 0 Å². The van der Waals surface area contributed by atoms with Crippen LogP contribution in [0.3, 0.4) is 0 Å². The SMILES string of the molecule is N#Cc1cccc(CN2CC[C@@H](NC(=O)c3cnccn3)[C@H](O)C2)c1. The van der Waals surface area contributed by atoms with E-state index in [-0.39, 0.29) is 17.6 Å². The minimum Gasteiger partial charge on any atom is -0.390 e. The van der Waals surface area contributed by atoms with E-state index in [9.17, 15) is 9.90 Å². The van der Waals surface area contributed by atoms with Gasteiger partial charge in [-0.3, -0.25) is 14.7 Å². The van der Waals surface area contributed by atoms with Gasteiger partial charge in [0.1, 0.15) is 5.69 Å². The minimum absolute atomic E-state index is 0.241. The van der Waals surface area contributed by atoms with Gasteiger partial charge >= 0.3 is 0 Å². The molecule has 0 aliphatic carbocycles. The predicted octanol–water partition coefficient (Wildman–Crippen LogP) is 0.713. The zero-order valence-electron chi connectivity index (χ0n) is 13.7. The van der Waals surface area contributed by atoms with Gasteiger partial charge in [0.15, 0.2) is 0 Å². The predicted molar refractivity (Wildman–Crippen MR) is 90.3 cm³/mol. The van der Waals surface area contributed by atoms with Crippen molar-refractivity contribution < 1.29 is 9.90 Å². The van der Waals surface area contributed by atoms with Gasteiger partial charge in [-0.25, -0.2) is 4.98 Å². The Balaban J connectivity index is 1.55. The van der Waals surface area contributed by atoms with Gasteiger partial charge in [-0.05, 0) is 24.1 Å². The number of carbonyl (C=O) groups excluding carboxylic acids is 1. The van der Waals surface area contributed by atoms with E-state index in [4.69, 9.17) is 5.26 Å². The number of rotatable bonds is 4. The maximum absolute atomic E-state index is 12.1. The molecule has 0 unspecified atom stereocenters. The zero-order valence-corrected chi connectivity index (χ0v) is 13.7. The summed E-state index contributed by atoms with van der Waals surface area (Å²) in [6, 6.07) is 9.27. The molecule has 1 aromatic carbocycles. The first-order valence-electron chi connectivity index (χ1n) is 8.12. The van der Waals surface area contributed by atoms with Crippen LogP contribution in [0.2, 0.25) is 0 Å². The number of aromatic nitrogens is 2. The quantitative estimate of drug-likeness (QED) is 0.852. The molecule has 0 spiro atoms. The third-order valence-corrected chi connectivity index (χ3v) is 4.24. The molecule has 25 heavy (non-hydrogen) atoms. The number of aliphatic hydroxyl groups is 1. The van der Waals surface area contributed by atoms with Crippen molar-refractivity contribution in [3.63, 3.8) is 0 Å². The average Bonchev–Trinajstić information content (AvgIpc) is 2.65. The van der Waals surface area contributed by atoms with Crippen LogP contribution in [0.15, 0.2) is 42.9 Å². The molecular weight excluding hydrogens is 318 g/mol. The Bertz CT molecular complexity index is 775. The van der Waals surface area contributed by atoms with Gasteiger partial charge in [0.05, 0.1) is 30.0 Å². The Hall–Kier alpha value is -2.82. The number of piperidine rings is 1. The van der Waals surface area contributed by atoms with Gasteiger partial charge in [-0.2, -0.15) is 5.26 Å². The van der Waals surface area contributed by atoms with E-state index in [0.29, 0.717) is 25.1 Å². The molecule has 0 bridgehead atoms. The molecule has 2 aromatic rings. The first kappa shape index (κ1) is 17.0. The summed E-state index contributed by atoms with van der Waals surface area (Å²) in [6.45, 7) is 1.87. The molecule has 7 nitrogen and oxygen atoms in total. The molecule has 0 radical (unpaired) electrons. The van der Waals surface area contributed by atoms with Gasteiger partial charge in [0, 0.05) is 32.0 Å². The minimum atomic E-state index is -0.659. The molecule has 7 heteroatoms. The molecule has 2 N–H and O–H groups in total. The Morgan fingerprint density at radius 3 is 3.04 bits per heavy atom. The lowest BCUT2D eigenvalue weighted by atomic mass is 10.0.